The highest BCUT2D eigenvalue weighted by Crippen LogP contribution is 2.27. The number of nitrogens with zero attached hydrogens (tertiary/aromatic N) is 1. The molecule has 1 aliphatic heterocycles. The Morgan fingerprint density at radius 1 is 0.762 bits per heavy atom. The van der Waals surface area contributed by atoms with Gasteiger partial charge >= 0.3 is 0 Å². The lowest BCUT2D eigenvalue weighted by Gasteiger charge is -2.23. The van der Waals surface area contributed by atoms with Gasteiger partial charge in [0.1, 0.15) is 0 Å². The summed E-state index contributed by atoms with van der Waals surface area (Å²) in [5.41, 5.74) is 10.7. The van der Waals surface area contributed by atoms with Gasteiger partial charge in [-0.15, -0.1) is 0 Å². The van der Waals surface area contributed by atoms with E-state index in [1.165, 1.54) is 106 Å². The van der Waals surface area contributed by atoms with Crippen LogP contribution in [-0.2, 0) is 19.3 Å². The van der Waals surface area contributed by atoms with Gasteiger partial charge in [0.15, 0.2) is 0 Å². The van der Waals surface area contributed by atoms with E-state index in [0.29, 0.717) is 0 Å². The van der Waals surface area contributed by atoms with Crippen molar-refractivity contribution in [2.45, 2.75) is 131 Å². The second kappa shape index (κ2) is 21.4. The van der Waals surface area contributed by atoms with Crippen LogP contribution in [0.1, 0.15) is 134 Å². The highest BCUT2D eigenvalue weighted by Gasteiger charge is 2.14. The first-order valence-electron chi connectivity index (χ1n) is 17.6. The third kappa shape index (κ3) is 12.1. The zero-order chi connectivity index (χ0) is 30.6. The Hall–Kier alpha value is -2.32. The van der Waals surface area contributed by atoms with E-state index in [1.807, 2.05) is 13.8 Å². The fourth-order valence-corrected chi connectivity index (χ4v) is 6.19. The molecule has 0 bridgehead atoms. The molecule has 0 saturated carbocycles. The first-order chi connectivity index (χ1) is 20.6. The molecule has 2 nitrogen and oxygen atoms in total. The number of anilines is 1. The summed E-state index contributed by atoms with van der Waals surface area (Å²) in [5.74, 6) is 0.779. The average molecular weight is 573 g/mol. The number of aryl methyl sites for hydroxylation is 3. The van der Waals surface area contributed by atoms with Crippen LogP contribution in [0.5, 0.6) is 0 Å². The molecule has 1 N–H and O–H groups in total. The maximum absolute atomic E-state index is 3.46. The fourth-order valence-electron chi connectivity index (χ4n) is 6.19. The summed E-state index contributed by atoms with van der Waals surface area (Å²) in [7, 11) is 2.16. The van der Waals surface area contributed by atoms with Gasteiger partial charge in [-0.25, -0.2) is 0 Å². The fraction of sp³-hybridized carbons (Fsp3) is 0.600. The molecule has 0 atom stereocenters. The molecule has 1 aliphatic carbocycles. The molecule has 1 fully saturated rings. The Balaban J connectivity index is 0.000000326. The molecule has 2 aliphatic rings. The summed E-state index contributed by atoms with van der Waals surface area (Å²) in [4.78, 5) is 2.32. The van der Waals surface area contributed by atoms with Crippen molar-refractivity contribution in [2.75, 3.05) is 31.6 Å². The summed E-state index contributed by atoms with van der Waals surface area (Å²) < 4.78 is 0. The Morgan fingerprint density at radius 3 is 2.05 bits per heavy atom. The summed E-state index contributed by atoms with van der Waals surface area (Å²) in [6, 6.07) is 16.4. The maximum Gasteiger partial charge on any atom is 0.0398 e. The topological polar surface area (TPSA) is 15.3 Å². The molecular formula is C40H64N2. The van der Waals surface area contributed by atoms with Crippen LogP contribution in [0.15, 0.2) is 65.8 Å². The number of hydrogen-bond acceptors (Lipinski definition) is 2. The number of hydrogen-bond donors (Lipinski definition) is 1. The zero-order valence-electron chi connectivity index (χ0n) is 28.5. The van der Waals surface area contributed by atoms with Crippen molar-refractivity contribution in [1.82, 2.24) is 5.32 Å². The van der Waals surface area contributed by atoms with Gasteiger partial charge in [0.2, 0.25) is 0 Å². The normalized spacial score (nSPS) is 15.0. The smallest absolute Gasteiger partial charge is 0.0398 e. The molecule has 42 heavy (non-hydrogen) atoms. The molecule has 0 aromatic heterocycles. The maximum atomic E-state index is 3.46. The minimum Gasteiger partial charge on any atom is -0.375 e. The molecule has 234 valence electrons. The van der Waals surface area contributed by atoms with Gasteiger partial charge in [-0.2, -0.15) is 0 Å². The predicted molar refractivity (Wildman–Crippen MR) is 189 cm³/mol. The number of benzene rings is 2. The molecule has 2 aromatic carbocycles. The lowest BCUT2D eigenvalue weighted by Crippen LogP contribution is -2.26. The molecule has 2 aromatic rings. The van der Waals surface area contributed by atoms with Crippen LogP contribution in [0.3, 0.4) is 0 Å². The van der Waals surface area contributed by atoms with Crippen LogP contribution in [0, 0.1) is 0 Å². The molecule has 0 spiro atoms. The SMILES string of the molecule is CC.CCC1=C(CCCCCCc2ccc(C3CCNCC3)cc2)C=CCC1.CCc1ccc(CC)c(N(C)CC)c1. The molecule has 0 radical (unpaired) electrons. The second-order valence-electron chi connectivity index (χ2n) is 11.8. The van der Waals surface area contributed by atoms with Crippen LogP contribution in [0.2, 0.25) is 0 Å². The van der Waals surface area contributed by atoms with Crippen LogP contribution >= 0.6 is 0 Å². The number of unbranched alkanes of at least 4 members (excludes halogenated alkanes) is 3. The van der Waals surface area contributed by atoms with Gasteiger partial charge in [-0.3, -0.25) is 0 Å². The van der Waals surface area contributed by atoms with Gasteiger partial charge in [-0.05, 0) is 130 Å². The van der Waals surface area contributed by atoms with Gasteiger partial charge in [-0.1, -0.05) is 102 Å². The largest absolute Gasteiger partial charge is 0.375 e. The number of piperidine rings is 1. The monoisotopic (exact) mass is 573 g/mol. The third-order valence-electron chi connectivity index (χ3n) is 9.09. The number of allylic oxidation sites excluding steroid dienone is 4. The molecule has 4 rings (SSSR count). The predicted octanol–water partition coefficient (Wildman–Crippen LogP) is 11.0. The van der Waals surface area contributed by atoms with Crippen LogP contribution in [-0.4, -0.2) is 26.7 Å². The minimum atomic E-state index is 0.779. The summed E-state index contributed by atoms with van der Waals surface area (Å²) in [5, 5.41) is 3.46. The highest BCUT2D eigenvalue weighted by atomic mass is 15.1. The van der Waals surface area contributed by atoms with Gasteiger partial charge in [0, 0.05) is 19.3 Å². The zero-order valence-corrected chi connectivity index (χ0v) is 28.5. The van der Waals surface area contributed by atoms with E-state index in [0.717, 1.165) is 25.3 Å². The lowest BCUT2D eigenvalue weighted by atomic mass is 9.89. The van der Waals surface area contributed by atoms with Crippen LogP contribution < -0.4 is 10.2 Å². The minimum absolute atomic E-state index is 0.779. The van der Waals surface area contributed by atoms with E-state index in [9.17, 15) is 0 Å². The van der Waals surface area contributed by atoms with E-state index in [2.05, 4.69) is 99.6 Å². The van der Waals surface area contributed by atoms with Crippen molar-refractivity contribution in [3.8, 4) is 0 Å². The van der Waals surface area contributed by atoms with Crippen molar-refractivity contribution in [3.05, 3.63) is 88.0 Å². The third-order valence-corrected chi connectivity index (χ3v) is 9.09. The van der Waals surface area contributed by atoms with Gasteiger partial charge < -0.3 is 10.2 Å². The van der Waals surface area contributed by atoms with Crippen molar-refractivity contribution in [2.24, 2.45) is 0 Å². The standard InChI is InChI=1S/C25H37N.C13H21N.C2H6/c1-2-22-10-7-8-12-23(22)11-6-4-3-5-9-21-13-15-24(16-14-21)25-17-19-26-20-18-25;1-5-11-8-9-12(6-2)13(10-11)14(4)7-3;1-2/h8,12-16,25-26H,2-7,9-11,17-20H2,1H3;8-10H,5-7H2,1-4H3;1-2H3. The Kier molecular flexibility index (Phi) is 18.3. The summed E-state index contributed by atoms with van der Waals surface area (Å²) in [6.07, 6.45) is 21.4. The van der Waals surface area contributed by atoms with Crippen molar-refractivity contribution in [3.63, 3.8) is 0 Å². The summed E-state index contributed by atoms with van der Waals surface area (Å²) in [6.45, 7) is 16.4. The molecule has 1 heterocycles. The molecular weight excluding hydrogens is 508 g/mol. The Labute approximate surface area is 261 Å². The van der Waals surface area contributed by atoms with Gasteiger partial charge in [0.25, 0.3) is 0 Å². The highest BCUT2D eigenvalue weighted by molar-refractivity contribution is 5.55. The van der Waals surface area contributed by atoms with E-state index < -0.39 is 0 Å². The van der Waals surface area contributed by atoms with E-state index in [-0.39, 0.29) is 0 Å². The molecule has 0 unspecified atom stereocenters. The van der Waals surface area contributed by atoms with E-state index >= 15 is 0 Å². The Bertz CT molecular complexity index is 1040. The van der Waals surface area contributed by atoms with Crippen molar-refractivity contribution >= 4 is 5.69 Å². The number of rotatable bonds is 13. The quantitative estimate of drug-likeness (QED) is 0.240. The average Bonchev–Trinajstić information content (AvgIpc) is 3.07. The van der Waals surface area contributed by atoms with E-state index in [1.54, 1.807) is 16.7 Å². The van der Waals surface area contributed by atoms with Crippen LogP contribution in [0.25, 0.3) is 0 Å². The molecule has 2 heteroatoms. The summed E-state index contributed by atoms with van der Waals surface area (Å²) >= 11 is 0. The lowest BCUT2D eigenvalue weighted by molar-refractivity contribution is 0.460. The van der Waals surface area contributed by atoms with Crippen molar-refractivity contribution in [1.29, 1.82) is 0 Å². The van der Waals surface area contributed by atoms with Crippen molar-refractivity contribution < 1.29 is 0 Å². The second-order valence-corrected chi connectivity index (χ2v) is 11.8. The Morgan fingerprint density at radius 2 is 1.43 bits per heavy atom. The number of nitrogens with one attached hydrogen (secondary N) is 1. The molecule has 0 amide bonds. The van der Waals surface area contributed by atoms with Gasteiger partial charge in [0.05, 0.1) is 0 Å². The first kappa shape index (κ1) is 35.9. The first-order valence-corrected chi connectivity index (χ1v) is 17.6. The van der Waals surface area contributed by atoms with Crippen LogP contribution in [0.4, 0.5) is 5.69 Å². The molecule has 1 saturated heterocycles. The van der Waals surface area contributed by atoms with E-state index in [4.69, 9.17) is 0 Å².